The van der Waals surface area contributed by atoms with Crippen molar-refractivity contribution in [1.29, 1.82) is 0 Å². The Morgan fingerprint density at radius 2 is 1.73 bits per heavy atom. The third kappa shape index (κ3) is 4.13. The molecule has 0 aliphatic rings. The van der Waals surface area contributed by atoms with E-state index < -0.39 is 8.80 Å². The molecule has 0 aliphatic heterocycles. The standard InChI is InChI=1S/C17H25NO3Si/c1-19-22(20-2,21-3)13-6-4-5-8-15-9-7-10-16-11-12-18-14-17(15)16/h7,9-12,14H,4-6,8,13H2,1-3H3. The average molecular weight is 319 g/mol. The first kappa shape index (κ1) is 17.1. The molecule has 0 radical (unpaired) electrons. The maximum Gasteiger partial charge on any atom is 0.500 e. The molecule has 5 heteroatoms. The van der Waals surface area contributed by atoms with Crippen LogP contribution in [0.3, 0.4) is 0 Å². The lowest BCUT2D eigenvalue weighted by Gasteiger charge is -2.24. The van der Waals surface area contributed by atoms with Crippen molar-refractivity contribution in [3.63, 3.8) is 0 Å². The van der Waals surface area contributed by atoms with Gasteiger partial charge in [-0.2, -0.15) is 0 Å². The number of pyridine rings is 1. The lowest BCUT2D eigenvalue weighted by atomic mass is 10.0. The molecule has 120 valence electrons. The van der Waals surface area contributed by atoms with E-state index >= 15 is 0 Å². The molecule has 4 nitrogen and oxygen atoms in total. The number of benzene rings is 1. The summed E-state index contributed by atoms with van der Waals surface area (Å²) >= 11 is 0. The van der Waals surface area contributed by atoms with Gasteiger partial charge in [-0.3, -0.25) is 4.98 Å². The number of aromatic nitrogens is 1. The molecule has 0 unspecified atom stereocenters. The van der Waals surface area contributed by atoms with Crippen LogP contribution >= 0.6 is 0 Å². The van der Waals surface area contributed by atoms with Crippen LogP contribution in [0.15, 0.2) is 36.7 Å². The first-order valence-electron chi connectivity index (χ1n) is 7.72. The van der Waals surface area contributed by atoms with E-state index in [9.17, 15) is 0 Å². The highest BCUT2D eigenvalue weighted by Crippen LogP contribution is 2.21. The van der Waals surface area contributed by atoms with E-state index in [4.69, 9.17) is 13.3 Å². The van der Waals surface area contributed by atoms with Gasteiger partial charge >= 0.3 is 8.80 Å². The van der Waals surface area contributed by atoms with Crippen molar-refractivity contribution in [3.8, 4) is 0 Å². The monoisotopic (exact) mass is 319 g/mol. The Morgan fingerprint density at radius 3 is 2.45 bits per heavy atom. The highest BCUT2D eigenvalue weighted by molar-refractivity contribution is 6.60. The van der Waals surface area contributed by atoms with Crippen molar-refractivity contribution in [3.05, 3.63) is 42.2 Å². The molecule has 0 spiro atoms. The Bertz CT molecular complexity index is 573. The van der Waals surface area contributed by atoms with Crippen LogP contribution in [0.4, 0.5) is 0 Å². The van der Waals surface area contributed by atoms with Crippen LogP contribution in [0.5, 0.6) is 0 Å². The van der Waals surface area contributed by atoms with Crippen LogP contribution in [0.25, 0.3) is 10.8 Å². The number of hydrogen-bond donors (Lipinski definition) is 0. The topological polar surface area (TPSA) is 40.6 Å². The number of hydrogen-bond acceptors (Lipinski definition) is 4. The summed E-state index contributed by atoms with van der Waals surface area (Å²) in [4.78, 5) is 4.24. The van der Waals surface area contributed by atoms with Gasteiger partial charge in [0.15, 0.2) is 0 Å². The number of fused-ring (bicyclic) bond motifs is 1. The third-order valence-electron chi connectivity index (χ3n) is 4.14. The maximum absolute atomic E-state index is 5.44. The summed E-state index contributed by atoms with van der Waals surface area (Å²) in [6.07, 6.45) is 8.23. The first-order valence-corrected chi connectivity index (χ1v) is 9.65. The lowest BCUT2D eigenvalue weighted by Crippen LogP contribution is -2.42. The van der Waals surface area contributed by atoms with Crippen LogP contribution in [0.1, 0.15) is 24.8 Å². The van der Waals surface area contributed by atoms with Gasteiger partial charge in [0.05, 0.1) is 0 Å². The molecule has 0 bridgehead atoms. The van der Waals surface area contributed by atoms with Crippen molar-refractivity contribution < 1.29 is 13.3 Å². The fraction of sp³-hybridized carbons (Fsp3) is 0.471. The van der Waals surface area contributed by atoms with Gasteiger partial charge in [0.2, 0.25) is 0 Å². The van der Waals surface area contributed by atoms with Crippen molar-refractivity contribution in [2.75, 3.05) is 21.3 Å². The van der Waals surface area contributed by atoms with Gasteiger partial charge in [0.25, 0.3) is 0 Å². The highest BCUT2D eigenvalue weighted by atomic mass is 28.4. The smallest absolute Gasteiger partial charge is 0.377 e. The molecular weight excluding hydrogens is 294 g/mol. The van der Waals surface area contributed by atoms with Crippen molar-refractivity contribution in [2.45, 2.75) is 31.7 Å². The predicted molar refractivity (Wildman–Crippen MR) is 90.9 cm³/mol. The highest BCUT2D eigenvalue weighted by Gasteiger charge is 2.36. The Balaban J connectivity index is 1.84. The number of nitrogens with zero attached hydrogens (tertiary/aromatic N) is 1. The Morgan fingerprint density at radius 1 is 0.955 bits per heavy atom. The van der Waals surface area contributed by atoms with Crippen LogP contribution in [-0.4, -0.2) is 35.1 Å². The molecule has 2 rings (SSSR count). The van der Waals surface area contributed by atoms with E-state index in [2.05, 4.69) is 29.2 Å². The SMILES string of the molecule is CO[Si](CCCCCc1cccc2ccncc12)(OC)OC. The summed E-state index contributed by atoms with van der Waals surface area (Å²) in [5.74, 6) is 0. The maximum atomic E-state index is 5.44. The Kier molecular flexibility index (Phi) is 6.51. The number of unbranched alkanes of at least 4 members (excludes halogenated alkanes) is 2. The van der Waals surface area contributed by atoms with Crippen LogP contribution < -0.4 is 0 Å². The molecule has 1 aromatic carbocycles. The van der Waals surface area contributed by atoms with Gasteiger partial charge < -0.3 is 13.3 Å². The molecule has 0 amide bonds. The van der Waals surface area contributed by atoms with Crippen LogP contribution in [0, 0.1) is 0 Å². The van der Waals surface area contributed by atoms with Gasteiger partial charge in [-0.05, 0) is 36.3 Å². The van der Waals surface area contributed by atoms with Gasteiger partial charge in [0, 0.05) is 45.2 Å². The molecule has 22 heavy (non-hydrogen) atoms. The summed E-state index contributed by atoms with van der Waals surface area (Å²) < 4.78 is 16.3. The first-order chi connectivity index (χ1) is 10.7. The normalized spacial score (nSPS) is 12.0. The zero-order chi connectivity index (χ0) is 15.8. The third-order valence-corrected chi connectivity index (χ3v) is 6.97. The predicted octanol–water partition coefficient (Wildman–Crippen LogP) is 3.83. The molecule has 0 saturated carbocycles. The van der Waals surface area contributed by atoms with E-state index in [0.29, 0.717) is 0 Å². The summed E-state index contributed by atoms with van der Waals surface area (Å²) in [5.41, 5.74) is 1.37. The molecule has 0 aliphatic carbocycles. The Hall–Kier alpha value is -1.27. The molecule has 0 N–H and O–H groups in total. The molecule has 1 heterocycles. The van der Waals surface area contributed by atoms with Gasteiger partial charge in [-0.15, -0.1) is 0 Å². The fourth-order valence-corrected chi connectivity index (χ4v) is 4.58. The average Bonchev–Trinajstić information content (AvgIpc) is 2.59. The number of aryl methyl sites for hydroxylation is 1. The van der Waals surface area contributed by atoms with E-state index in [-0.39, 0.29) is 0 Å². The minimum Gasteiger partial charge on any atom is -0.377 e. The summed E-state index contributed by atoms with van der Waals surface area (Å²) in [7, 11) is 2.61. The van der Waals surface area contributed by atoms with Crippen LogP contribution in [-0.2, 0) is 19.7 Å². The summed E-state index contributed by atoms with van der Waals surface area (Å²) in [6, 6.07) is 9.39. The van der Waals surface area contributed by atoms with Crippen molar-refractivity contribution >= 4 is 19.6 Å². The van der Waals surface area contributed by atoms with E-state index in [1.807, 2.05) is 12.4 Å². The zero-order valence-corrected chi connectivity index (χ0v) is 14.7. The van der Waals surface area contributed by atoms with Crippen molar-refractivity contribution in [1.82, 2.24) is 4.98 Å². The minimum atomic E-state index is -2.40. The van der Waals surface area contributed by atoms with Crippen molar-refractivity contribution in [2.24, 2.45) is 0 Å². The zero-order valence-electron chi connectivity index (χ0n) is 13.7. The van der Waals surface area contributed by atoms with Gasteiger partial charge in [-0.25, -0.2) is 0 Å². The number of rotatable bonds is 9. The fourth-order valence-electron chi connectivity index (χ4n) is 2.78. The molecule has 0 saturated heterocycles. The van der Waals surface area contributed by atoms with E-state index in [0.717, 1.165) is 31.7 Å². The van der Waals surface area contributed by atoms with Gasteiger partial charge in [-0.1, -0.05) is 24.6 Å². The van der Waals surface area contributed by atoms with Gasteiger partial charge in [0.1, 0.15) is 0 Å². The largest absolute Gasteiger partial charge is 0.500 e. The molecule has 0 atom stereocenters. The molecule has 0 fully saturated rings. The van der Waals surface area contributed by atoms with E-state index in [1.165, 1.54) is 16.3 Å². The second kappa shape index (κ2) is 8.38. The second-order valence-corrected chi connectivity index (χ2v) is 8.46. The lowest BCUT2D eigenvalue weighted by molar-refractivity contribution is 0.122. The minimum absolute atomic E-state index is 0.869. The molecule has 2 aromatic rings. The summed E-state index contributed by atoms with van der Waals surface area (Å²) in [6.45, 7) is 0. The molecular formula is C17H25NO3Si. The quantitative estimate of drug-likeness (QED) is 0.520. The molecule has 1 aromatic heterocycles. The summed E-state index contributed by atoms with van der Waals surface area (Å²) in [5, 5.41) is 2.52. The Labute approximate surface area is 133 Å². The second-order valence-electron chi connectivity index (χ2n) is 5.37. The van der Waals surface area contributed by atoms with Crippen LogP contribution in [0.2, 0.25) is 6.04 Å². The van der Waals surface area contributed by atoms with E-state index in [1.54, 1.807) is 21.3 Å².